The lowest BCUT2D eigenvalue weighted by Gasteiger charge is -1.99. The Bertz CT molecular complexity index is 576. The van der Waals surface area contributed by atoms with E-state index in [1.54, 1.807) is 0 Å². The van der Waals surface area contributed by atoms with E-state index >= 15 is 0 Å². The fourth-order valence-electron chi connectivity index (χ4n) is 1.67. The molecule has 1 fully saturated rings. The van der Waals surface area contributed by atoms with Gasteiger partial charge in [-0.1, -0.05) is 12.1 Å². The number of nitrogens with zero attached hydrogens (tertiary/aromatic N) is 2. The second-order valence-corrected chi connectivity index (χ2v) is 4.65. The number of phenols is 1. The highest BCUT2D eigenvalue weighted by Gasteiger charge is 2.43. The molecule has 4 nitrogen and oxygen atoms in total. The van der Waals surface area contributed by atoms with Crippen LogP contribution in [0.15, 0.2) is 22.7 Å². The number of aromatic nitrogens is 2. The van der Waals surface area contributed by atoms with Gasteiger partial charge in [0, 0.05) is 5.41 Å². The van der Waals surface area contributed by atoms with E-state index in [0.717, 1.165) is 12.8 Å². The van der Waals surface area contributed by atoms with Crippen LogP contribution in [0.3, 0.4) is 0 Å². The molecule has 1 heterocycles. The SMILES string of the molecule is CC1(c2noc(-c3cc(F)ccc3O)n2)CC1. The summed E-state index contributed by atoms with van der Waals surface area (Å²) >= 11 is 0. The molecule has 17 heavy (non-hydrogen) atoms. The van der Waals surface area contributed by atoms with Crippen molar-refractivity contribution in [2.45, 2.75) is 25.2 Å². The Morgan fingerprint density at radius 3 is 2.88 bits per heavy atom. The molecular weight excluding hydrogens is 223 g/mol. The lowest BCUT2D eigenvalue weighted by Crippen LogP contribution is -2.01. The molecule has 1 aromatic heterocycles. The maximum atomic E-state index is 13.1. The van der Waals surface area contributed by atoms with E-state index in [1.807, 2.05) is 6.92 Å². The summed E-state index contributed by atoms with van der Waals surface area (Å²) in [5.41, 5.74) is 0.220. The van der Waals surface area contributed by atoms with Gasteiger partial charge in [-0.25, -0.2) is 4.39 Å². The van der Waals surface area contributed by atoms with Crippen LogP contribution in [-0.4, -0.2) is 15.2 Å². The molecule has 0 aliphatic heterocycles. The zero-order valence-electron chi connectivity index (χ0n) is 9.27. The van der Waals surface area contributed by atoms with Crippen molar-refractivity contribution in [1.82, 2.24) is 10.1 Å². The Morgan fingerprint density at radius 1 is 1.41 bits per heavy atom. The Balaban J connectivity index is 2.03. The molecule has 0 unspecified atom stereocenters. The van der Waals surface area contributed by atoms with Crippen LogP contribution in [0.2, 0.25) is 0 Å². The monoisotopic (exact) mass is 234 g/mol. The number of aromatic hydroxyl groups is 1. The standard InChI is InChI=1S/C12H11FN2O2/c1-12(4-5-12)11-14-10(17-15-11)8-6-7(13)2-3-9(8)16/h2-3,6,16H,4-5H2,1H3. The number of hydrogen-bond donors (Lipinski definition) is 1. The zero-order chi connectivity index (χ0) is 12.0. The lowest BCUT2D eigenvalue weighted by molar-refractivity contribution is 0.411. The summed E-state index contributed by atoms with van der Waals surface area (Å²) in [5.74, 6) is 0.263. The van der Waals surface area contributed by atoms with Gasteiger partial charge in [0.2, 0.25) is 0 Å². The van der Waals surface area contributed by atoms with Crippen molar-refractivity contribution >= 4 is 0 Å². The fraction of sp³-hybridized carbons (Fsp3) is 0.333. The molecule has 1 aromatic carbocycles. The molecular formula is C12H11FN2O2. The van der Waals surface area contributed by atoms with Crippen LogP contribution >= 0.6 is 0 Å². The fourth-order valence-corrected chi connectivity index (χ4v) is 1.67. The highest BCUT2D eigenvalue weighted by atomic mass is 19.1. The first kappa shape index (κ1) is 10.3. The molecule has 0 atom stereocenters. The third kappa shape index (κ3) is 1.67. The molecule has 0 spiro atoms. The summed E-state index contributed by atoms with van der Waals surface area (Å²) < 4.78 is 18.2. The molecule has 0 bridgehead atoms. The normalized spacial score (nSPS) is 17.1. The number of benzene rings is 1. The third-order valence-electron chi connectivity index (χ3n) is 3.15. The van der Waals surface area contributed by atoms with Gasteiger partial charge in [-0.15, -0.1) is 0 Å². The highest BCUT2D eigenvalue weighted by molar-refractivity contribution is 5.62. The van der Waals surface area contributed by atoms with Gasteiger partial charge in [-0.2, -0.15) is 4.98 Å². The second-order valence-electron chi connectivity index (χ2n) is 4.65. The molecule has 2 aromatic rings. The minimum atomic E-state index is -0.449. The van der Waals surface area contributed by atoms with Crippen LogP contribution in [0.5, 0.6) is 5.75 Å². The predicted octanol–water partition coefficient (Wildman–Crippen LogP) is 2.63. The van der Waals surface area contributed by atoms with E-state index in [0.29, 0.717) is 5.82 Å². The van der Waals surface area contributed by atoms with Crippen molar-refractivity contribution in [3.63, 3.8) is 0 Å². The van der Waals surface area contributed by atoms with E-state index < -0.39 is 5.82 Å². The molecule has 0 saturated heterocycles. The van der Waals surface area contributed by atoms with Gasteiger partial charge in [0.05, 0.1) is 5.56 Å². The molecule has 1 aliphatic rings. The first-order chi connectivity index (χ1) is 8.08. The van der Waals surface area contributed by atoms with Gasteiger partial charge in [-0.3, -0.25) is 0 Å². The summed E-state index contributed by atoms with van der Waals surface area (Å²) in [7, 11) is 0. The molecule has 3 rings (SSSR count). The van der Waals surface area contributed by atoms with E-state index in [9.17, 15) is 9.50 Å². The number of phenolic OH excluding ortho intramolecular Hbond substituents is 1. The molecule has 1 aliphatic carbocycles. The van der Waals surface area contributed by atoms with Crippen molar-refractivity contribution in [3.05, 3.63) is 29.8 Å². The van der Waals surface area contributed by atoms with E-state index in [2.05, 4.69) is 10.1 Å². The average molecular weight is 234 g/mol. The molecule has 5 heteroatoms. The number of hydrogen-bond acceptors (Lipinski definition) is 4. The molecule has 0 amide bonds. The second kappa shape index (κ2) is 3.29. The molecule has 1 saturated carbocycles. The van der Waals surface area contributed by atoms with Gasteiger partial charge < -0.3 is 9.63 Å². The topological polar surface area (TPSA) is 59.2 Å². The van der Waals surface area contributed by atoms with Crippen LogP contribution in [0.25, 0.3) is 11.5 Å². The summed E-state index contributed by atoms with van der Waals surface area (Å²) in [6, 6.07) is 3.63. The number of rotatable bonds is 2. The first-order valence-corrected chi connectivity index (χ1v) is 5.42. The maximum Gasteiger partial charge on any atom is 0.261 e. The molecule has 88 valence electrons. The molecule has 1 N–H and O–H groups in total. The summed E-state index contributed by atoms with van der Waals surface area (Å²) in [4.78, 5) is 4.21. The molecule has 0 radical (unpaired) electrons. The highest BCUT2D eigenvalue weighted by Crippen LogP contribution is 2.46. The average Bonchev–Trinajstić information content (AvgIpc) is 2.88. The van der Waals surface area contributed by atoms with Gasteiger partial charge in [0.15, 0.2) is 5.82 Å². The van der Waals surface area contributed by atoms with Crippen molar-refractivity contribution in [2.75, 3.05) is 0 Å². The van der Waals surface area contributed by atoms with Crippen molar-refractivity contribution in [2.24, 2.45) is 0 Å². The van der Waals surface area contributed by atoms with Gasteiger partial charge in [0.1, 0.15) is 11.6 Å². The smallest absolute Gasteiger partial charge is 0.261 e. The van der Waals surface area contributed by atoms with Crippen molar-refractivity contribution in [3.8, 4) is 17.2 Å². The third-order valence-corrected chi connectivity index (χ3v) is 3.15. The minimum Gasteiger partial charge on any atom is -0.507 e. The predicted molar refractivity (Wildman–Crippen MR) is 57.9 cm³/mol. The van der Waals surface area contributed by atoms with Gasteiger partial charge >= 0.3 is 0 Å². The Labute approximate surface area is 97.1 Å². The summed E-state index contributed by atoms with van der Waals surface area (Å²) in [6.45, 7) is 2.05. The zero-order valence-corrected chi connectivity index (χ0v) is 9.27. The minimum absolute atomic E-state index is 0.00923. The van der Waals surface area contributed by atoms with Crippen molar-refractivity contribution < 1.29 is 14.0 Å². The quantitative estimate of drug-likeness (QED) is 0.867. The van der Waals surface area contributed by atoms with Crippen LogP contribution in [0.1, 0.15) is 25.6 Å². The van der Waals surface area contributed by atoms with Crippen LogP contribution in [0, 0.1) is 5.82 Å². The van der Waals surface area contributed by atoms with E-state index in [-0.39, 0.29) is 22.6 Å². The van der Waals surface area contributed by atoms with E-state index in [4.69, 9.17) is 4.52 Å². The summed E-state index contributed by atoms with van der Waals surface area (Å²) in [6.07, 6.45) is 2.06. The van der Waals surface area contributed by atoms with Crippen LogP contribution in [0.4, 0.5) is 4.39 Å². The Kier molecular flexibility index (Phi) is 1.98. The maximum absolute atomic E-state index is 13.1. The largest absolute Gasteiger partial charge is 0.507 e. The van der Waals surface area contributed by atoms with Gasteiger partial charge in [0.25, 0.3) is 5.89 Å². The lowest BCUT2D eigenvalue weighted by atomic mass is 10.1. The van der Waals surface area contributed by atoms with Crippen LogP contribution in [-0.2, 0) is 5.41 Å². The van der Waals surface area contributed by atoms with Crippen LogP contribution < -0.4 is 0 Å². The number of halogens is 1. The Hall–Kier alpha value is -1.91. The van der Waals surface area contributed by atoms with E-state index in [1.165, 1.54) is 18.2 Å². The summed E-state index contributed by atoms with van der Waals surface area (Å²) in [5, 5.41) is 13.5. The Morgan fingerprint density at radius 2 is 2.18 bits per heavy atom. The van der Waals surface area contributed by atoms with Gasteiger partial charge in [-0.05, 0) is 31.0 Å². The van der Waals surface area contributed by atoms with Crippen molar-refractivity contribution in [1.29, 1.82) is 0 Å². The first-order valence-electron chi connectivity index (χ1n) is 5.42.